The van der Waals surface area contributed by atoms with Gasteiger partial charge in [0.1, 0.15) is 43.1 Å². The number of ether oxygens (including phenoxy) is 5. The minimum atomic E-state index is -5.06. The number of nitrogens with zero attached hydrogens (tertiary/aromatic N) is 1. The van der Waals surface area contributed by atoms with Gasteiger partial charge in [0.05, 0.1) is 42.3 Å². The van der Waals surface area contributed by atoms with E-state index >= 15 is 0 Å². The van der Waals surface area contributed by atoms with Crippen LogP contribution in [0, 0.1) is 10.1 Å². The fourth-order valence-corrected chi connectivity index (χ4v) is 4.65. The molecule has 0 saturated carbocycles. The number of methoxy groups -OCH3 is 1. The molecule has 2 unspecified atom stereocenters. The summed E-state index contributed by atoms with van der Waals surface area (Å²) < 4.78 is 68.7. The number of aliphatic hydroxyl groups excluding tert-OH is 1. The van der Waals surface area contributed by atoms with Crippen LogP contribution < -0.4 is 20.1 Å². The van der Waals surface area contributed by atoms with Crippen LogP contribution in [0.2, 0.25) is 0 Å². The number of aliphatic hydroxyl groups is 1. The molecule has 0 fully saturated rings. The van der Waals surface area contributed by atoms with Crippen LogP contribution in [-0.4, -0.2) is 87.0 Å². The molecule has 0 spiro atoms. The lowest BCUT2D eigenvalue weighted by molar-refractivity contribution is -0.384. The number of nitro benzene ring substituents is 1. The highest BCUT2D eigenvalue weighted by Gasteiger charge is 2.47. The van der Waals surface area contributed by atoms with Gasteiger partial charge in [-0.05, 0) is 36.8 Å². The van der Waals surface area contributed by atoms with Crippen LogP contribution in [0.15, 0.2) is 71.1 Å². The first-order valence-electron chi connectivity index (χ1n) is 14.9. The first-order valence-corrected chi connectivity index (χ1v) is 14.9. The third kappa shape index (κ3) is 11.9. The smallest absolute Gasteiger partial charge is 0.431 e. The number of halogens is 4. The molecule has 3 N–H and O–H groups in total. The normalized spacial score (nSPS) is 15.2. The molecule has 1 aliphatic rings. The first-order chi connectivity index (χ1) is 22.7. The van der Waals surface area contributed by atoms with Crippen molar-refractivity contribution in [3.63, 3.8) is 0 Å². The van der Waals surface area contributed by atoms with Crippen LogP contribution in [0.25, 0.3) is 0 Å². The molecule has 0 aromatic heterocycles. The Morgan fingerprint density at radius 1 is 1.00 bits per heavy atom. The van der Waals surface area contributed by atoms with E-state index < -0.39 is 52.0 Å². The van der Waals surface area contributed by atoms with E-state index in [9.17, 15) is 38.0 Å². The highest BCUT2D eigenvalue weighted by atomic mass is 35.5. The van der Waals surface area contributed by atoms with Gasteiger partial charge in [0, 0.05) is 30.4 Å². The van der Waals surface area contributed by atoms with E-state index in [1.54, 1.807) is 24.3 Å². The van der Waals surface area contributed by atoms with Crippen molar-refractivity contribution in [2.45, 2.75) is 45.0 Å². The van der Waals surface area contributed by atoms with E-state index in [1.165, 1.54) is 19.1 Å². The van der Waals surface area contributed by atoms with Crippen molar-refractivity contribution in [1.29, 1.82) is 0 Å². The SMILES string of the molecule is COC(=O)C1=C(C(F)(F)F)NC(C)=C(C(=O)OCCOCCOc2ccc(OCC(O)CNC(C)C)cc2)C1c1cccc([N+](=O)[O-])c1.Cl. The summed E-state index contributed by atoms with van der Waals surface area (Å²) >= 11 is 0. The maximum Gasteiger partial charge on any atom is 0.431 e. The fourth-order valence-electron chi connectivity index (χ4n) is 4.65. The number of hydrogen-bond donors (Lipinski definition) is 3. The number of allylic oxidation sites excluding steroid dienone is 2. The molecule has 0 bridgehead atoms. The van der Waals surface area contributed by atoms with Crippen molar-refractivity contribution in [2.24, 2.45) is 0 Å². The molecule has 49 heavy (non-hydrogen) atoms. The van der Waals surface area contributed by atoms with Crippen LogP contribution in [0.1, 0.15) is 32.3 Å². The van der Waals surface area contributed by atoms with Gasteiger partial charge in [-0.2, -0.15) is 13.2 Å². The largest absolute Gasteiger partial charge is 0.491 e. The lowest BCUT2D eigenvalue weighted by Gasteiger charge is -2.31. The third-order valence-corrected chi connectivity index (χ3v) is 6.87. The van der Waals surface area contributed by atoms with Gasteiger partial charge in [-0.15, -0.1) is 12.4 Å². The number of hydrogen-bond acceptors (Lipinski definition) is 12. The molecule has 0 radical (unpaired) electrons. The Hall–Kier alpha value is -4.38. The average Bonchev–Trinajstić information content (AvgIpc) is 3.05. The predicted octanol–water partition coefficient (Wildman–Crippen LogP) is 4.34. The lowest BCUT2D eigenvalue weighted by atomic mass is 9.80. The number of rotatable bonds is 17. The molecule has 2 aromatic carbocycles. The van der Waals surface area contributed by atoms with Gasteiger partial charge in [-0.3, -0.25) is 10.1 Å². The summed E-state index contributed by atoms with van der Waals surface area (Å²) in [5.41, 5.74) is -3.61. The molecular weight excluding hydrogens is 679 g/mol. The second kappa shape index (κ2) is 19.0. The molecule has 270 valence electrons. The maximum atomic E-state index is 14.0. The van der Waals surface area contributed by atoms with Crippen LogP contribution in [-0.2, 0) is 23.8 Å². The number of nitrogens with one attached hydrogen (secondary N) is 2. The van der Waals surface area contributed by atoms with Crippen molar-refractivity contribution in [1.82, 2.24) is 10.6 Å². The number of alkyl halides is 3. The number of carbonyl (C=O) groups is 2. The summed E-state index contributed by atoms with van der Waals surface area (Å²) in [7, 11) is 0.877. The minimum Gasteiger partial charge on any atom is -0.491 e. The zero-order valence-electron chi connectivity index (χ0n) is 27.2. The number of esters is 2. The number of carbonyl (C=O) groups excluding carboxylic acids is 2. The third-order valence-electron chi connectivity index (χ3n) is 6.87. The molecule has 3 rings (SSSR count). The van der Waals surface area contributed by atoms with Crippen molar-refractivity contribution in [3.05, 3.63) is 86.7 Å². The Bertz CT molecular complexity index is 1500. The van der Waals surface area contributed by atoms with Crippen LogP contribution in [0.4, 0.5) is 18.9 Å². The fraction of sp³-hybridized carbons (Fsp3) is 0.438. The van der Waals surface area contributed by atoms with Crippen molar-refractivity contribution in [3.8, 4) is 11.5 Å². The zero-order chi connectivity index (χ0) is 35.4. The first kappa shape index (κ1) is 40.8. The number of nitro groups is 1. The molecule has 0 saturated heterocycles. The summed E-state index contributed by atoms with van der Waals surface area (Å²) in [6.45, 7) is 5.54. The summed E-state index contributed by atoms with van der Waals surface area (Å²) in [5, 5.41) is 26.6. The van der Waals surface area contributed by atoms with Crippen molar-refractivity contribution in [2.75, 3.05) is 46.7 Å². The number of dihydropyridines is 1. The van der Waals surface area contributed by atoms with Crippen molar-refractivity contribution >= 4 is 30.0 Å². The Balaban J connectivity index is 0.00000833. The summed E-state index contributed by atoms with van der Waals surface area (Å²) in [4.78, 5) is 36.6. The van der Waals surface area contributed by atoms with Gasteiger partial charge in [0.25, 0.3) is 5.69 Å². The van der Waals surface area contributed by atoms with E-state index in [0.717, 1.165) is 19.2 Å². The van der Waals surface area contributed by atoms with Gasteiger partial charge in [0.15, 0.2) is 0 Å². The molecule has 2 aromatic rings. The van der Waals surface area contributed by atoms with E-state index in [0.29, 0.717) is 18.0 Å². The van der Waals surface area contributed by atoms with Crippen LogP contribution in [0.3, 0.4) is 0 Å². The monoisotopic (exact) mass is 717 g/mol. The topological polar surface area (TPSA) is 168 Å². The van der Waals surface area contributed by atoms with E-state index in [-0.39, 0.29) is 68.3 Å². The second-order valence-electron chi connectivity index (χ2n) is 10.8. The van der Waals surface area contributed by atoms with Gasteiger partial charge < -0.3 is 39.4 Å². The molecule has 1 heterocycles. The van der Waals surface area contributed by atoms with E-state index in [4.69, 9.17) is 18.9 Å². The van der Waals surface area contributed by atoms with Gasteiger partial charge in [-0.1, -0.05) is 26.0 Å². The van der Waals surface area contributed by atoms with E-state index in [2.05, 4.69) is 15.4 Å². The second-order valence-corrected chi connectivity index (χ2v) is 10.8. The standard InChI is InChI=1S/C32H38F3N3O10.ClH/c1-19(2)36-17-23(39)18-48-25-10-8-24(9-11-25)46-14-12-45-13-15-47-31(41)26-20(3)37-29(32(33,34)35)28(30(40)44-4)27(26)21-6-5-7-22(16-21)38(42)43;/h5-11,16,19,23,27,36-37,39H,12-15,17-18H2,1-4H3;1H. The Kier molecular flexibility index (Phi) is 15.8. The molecule has 13 nitrogen and oxygen atoms in total. The van der Waals surface area contributed by atoms with Crippen molar-refractivity contribution < 1.29 is 56.5 Å². The van der Waals surface area contributed by atoms with Crippen LogP contribution in [0.5, 0.6) is 11.5 Å². The molecule has 1 aliphatic heterocycles. The zero-order valence-corrected chi connectivity index (χ0v) is 28.0. The summed E-state index contributed by atoms with van der Waals surface area (Å²) in [6.07, 6.45) is -5.72. The molecule has 0 amide bonds. The predicted molar refractivity (Wildman–Crippen MR) is 172 cm³/mol. The van der Waals surface area contributed by atoms with Gasteiger partial charge in [-0.25, -0.2) is 9.59 Å². The quantitative estimate of drug-likeness (QED) is 0.0918. The molecule has 0 aliphatic carbocycles. The lowest BCUT2D eigenvalue weighted by Crippen LogP contribution is -2.38. The Labute approximate surface area is 286 Å². The molecule has 2 atom stereocenters. The number of benzene rings is 2. The molecule has 17 heteroatoms. The summed E-state index contributed by atoms with van der Waals surface area (Å²) in [6, 6.07) is 11.6. The number of non-ortho nitro benzene ring substituents is 1. The Morgan fingerprint density at radius 3 is 2.22 bits per heavy atom. The average molecular weight is 718 g/mol. The minimum absolute atomic E-state index is 0. The summed E-state index contributed by atoms with van der Waals surface area (Å²) in [5.74, 6) is -3.06. The highest BCUT2D eigenvalue weighted by molar-refractivity contribution is 6.00. The Morgan fingerprint density at radius 2 is 1.63 bits per heavy atom. The van der Waals surface area contributed by atoms with E-state index in [1.807, 2.05) is 13.8 Å². The molecular formula is C32H39ClF3N3O10. The van der Waals surface area contributed by atoms with Gasteiger partial charge in [0.2, 0.25) is 0 Å². The van der Waals surface area contributed by atoms with Gasteiger partial charge >= 0.3 is 18.1 Å². The van der Waals surface area contributed by atoms with Crippen LogP contribution >= 0.6 is 12.4 Å². The maximum absolute atomic E-state index is 14.0. The highest BCUT2D eigenvalue weighted by Crippen LogP contribution is 2.44.